The van der Waals surface area contributed by atoms with Crippen LogP contribution < -0.4 is 5.73 Å². The van der Waals surface area contributed by atoms with Crippen LogP contribution in [0.3, 0.4) is 0 Å². The van der Waals surface area contributed by atoms with Crippen LogP contribution in [0.1, 0.15) is 51.4 Å². The Bertz CT molecular complexity index is 186. The summed E-state index contributed by atoms with van der Waals surface area (Å²) in [4.78, 5) is 4.55. The number of hydrogen-bond donors (Lipinski definition) is 1. The highest BCUT2D eigenvalue weighted by Crippen LogP contribution is 2.27. The minimum absolute atomic E-state index is 0.600. The fourth-order valence-electron chi connectivity index (χ4n) is 2.09. The number of hydrogen-bond acceptors (Lipinski definition) is 1. The van der Waals surface area contributed by atoms with Crippen molar-refractivity contribution >= 4 is 5.84 Å². The van der Waals surface area contributed by atoms with Crippen molar-refractivity contribution in [3.05, 3.63) is 0 Å². The highest BCUT2D eigenvalue weighted by atomic mass is 14.9. The molecule has 0 amide bonds. The lowest BCUT2D eigenvalue weighted by molar-refractivity contribution is 0.584. The molecule has 0 unspecified atom stereocenters. The lowest BCUT2D eigenvalue weighted by Crippen LogP contribution is -2.23. The summed E-state index contributed by atoms with van der Waals surface area (Å²) in [6.45, 7) is 0. The maximum absolute atomic E-state index is 6.01. The number of nitrogens with zero attached hydrogens (tertiary/aromatic N) is 1. The van der Waals surface area contributed by atoms with E-state index in [-0.39, 0.29) is 0 Å². The summed E-state index contributed by atoms with van der Waals surface area (Å²) < 4.78 is 0. The van der Waals surface area contributed by atoms with Gasteiger partial charge in [0.1, 0.15) is 0 Å². The molecule has 0 aliphatic heterocycles. The van der Waals surface area contributed by atoms with Crippen LogP contribution >= 0.6 is 0 Å². The van der Waals surface area contributed by atoms with E-state index in [4.69, 9.17) is 5.73 Å². The molecule has 2 rings (SSSR count). The summed E-state index contributed by atoms with van der Waals surface area (Å²) in [5, 5.41) is 0. The molecule has 2 aliphatic rings. The van der Waals surface area contributed by atoms with Crippen LogP contribution in [0, 0.1) is 5.92 Å². The molecule has 0 bridgehead atoms. The smallest absolute Gasteiger partial charge is 0.0971 e. The van der Waals surface area contributed by atoms with Gasteiger partial charge in [0.15, 0.2) is 0 Å². The van der Waals surface area contributed by atoms with Crippen LogP contribution in [-0.4, -0.2) is 11.9 Å². The Balaban J connectivity index is 1.88. The summed E-state index contributed by atoms with van der Waals surface area (Å²) in [6, 6.07) is 0.600. The second-order valence-electron chi connectivity index (χ2n) is 4.47. The first-order chi connectivity index (χ1) is 6.36. The Morgan fingerprint density at radius 2 is 1.54 bits per heavy atom. The van der Waals surface area contributed by atoms with E-state index in [1.54, 1.807) is 0 Å². The molecule has 0 aromatic heterocycles. The van der Waals surface area contributed by atoms with Crippen LogP contribution in [0.4, 0.5) is 0 Å². The van der Waals surface area contributed by atoms with Gasteiger partial charge in [-0.25, -0.2) is 0 Å². The normalized spacial score (nSPS) is 27.2. The van der Waals surface area contributed by atoms with Crippen molar-refractivity contribution < 1.29 is 0 Å². The Morgan fingerprint density at radius 1 is 0.923 bits per heavy atom. The highest BCUT2D eigenvalue weighted by molar-refractivity contribution is 5.83. The zero-order valence-electron chi connectivity index (χ0n) is 8.34. The van der Waals surface area contributed by atoms with E-state index < -0.39 is 0 Å². The van der Waals surface area contributed by atoms with E-state index in [9.17, 15) is 0 Å². The largest absolute Gasteiger partial charge is 0.387 e. The summed E-state index contributed by atoms with van der Waals surface area (Å²) in [5.41, 5.74) is 6.01. The van der Waals surface area contributed by atoms with Crippen LogP contribution in [0.2, 0.25) is 0 Å². The minimum Gasteiger partial charge on any atom is -0.387 e. The molecule has 0 aromatic rings. The van der Waals surface area contributed by atoms with Crippen LogP contribution in [0.25, 0.3) is 0 Å². The lowest BCUT2D eigenvalue weighted by Gasteiger charge is -2.12. The number of nitrogens with two attached hydrogens (primary N) is 1. The summed E-state index contributed by atoms with van der Waals surface area (Å²) >= 11 is 0. The minimum atomic E-state index is 0.600. The quantitative estimate of drug-likeness (QED) is 0.396. The lowest BCUT2D eigenvalue weighted by atomic mass is 9.99. The zero-order valence-corrected chi connectivity index (χ0v) is 8.34. The van der Waals surface area contributed by atoms with Gasteiger partial charge in [-0.15, -0.1) is 0 Å². The van der Waals surface area contributed by atoms with E-state index in [2.05, 4.69) is 4.99 Å². The zero-order chi connectivity index (χ0) is 9.10. The van der Waals surface area contributed by atoms with Crippen molar-refractivity contribution in [1.82, 2.24) is 0 Å². The predicted octanol–water partition coefficient (Wildman–Crippen LogP) is 2.48. The van der Waals surface area contributed by atoms with Gasteiger partial charge in [-0.05, 0) is 25.7 Å². The van der Waals surface area contributed by atoms with Gasteiger partial charge in [0, 0.05) is 5.92 Å². The van der Waals surface area contributed by atoms with Crippen molar-refractivity contribution in [2.24, 2.45) is 16.6 Å². The molecule has 74 valence electrons. The fourth-order valence-corrected chi connectivity index (χ4v) is 2.09. The Hall–Kier alpha value is -0.530. The Kier molecular flexibility index (Phi) is 2.87. The first kappa shape index (κ1) is 9.04. The molecule has 2 N–H and O–H groups in total. The molecular formula is C11H20N2. The van der Waals surface area contributed by atoms with Gasteiger partial charge in [0.25, 0.3) is 0 Å². The van der Waals surface area contributed by atoms with Gasteiger partial charge in [0.05, 0.1) is 11.9 Å². The molecule has 2 nitrogen and oxygen atoms in total. The first-order valence-corrected chi connectivity index (χ1v) is 5.69. The van der Waals surface area contributed by atoms with E-state index in [0.29, 0.717) is 12.0 Å². The van der Waals surface area contributed by atoms with Gasteiger partial charge < -0.3 is 5.73 Å². The number of amidine groups is 1. The van der Waals surface area contributed by atoms with Crippen LogP contribution in [0.5, 0.6) is 0 Å². The monoisotopic (exact) mass is 180 g/mol. The van der Waals surface area contributed by atoms with E-state index in [0.717, 1.165) is 5.84 Å². The third kappa shape index (κ3) is 2.71. The van der Waals surface area contributed by atoms with Crippen molar-refractivity contribution in [3.8, 4) is 0 Å². The summed E-state index contributed by atoms with van der Waals surface area (Å²) in [7, 11) is 0. The maximum Gasteiger partial charge on any atom is 0.0971 e. The van der Waals surface area contributed by atoms with Crippen LogP contribution in [0.15, 0.2) is 4.99 Å². The average molecular weight is 180 g/mol. The third-order valence-electron chi connectivity index (χ3n) is 3.15. The molecule has 0 heterocycles. The van der Waals surface area contributed by atoms with Crippen molar-refractivity contribution in [3.63, 3.8) is 0 Å². The molecule has 2 saturated carbocycles. The Labute approximate surface area is 80.6 Å². The third-order valence-corrected chi connectivity index (χ3v) is 3.15. The topological polar surface area (TPSA) is 38.4 Å². The van der Waals surface area contributed by atoms with Gasteiger partial charge in [-0.2, -0.15) is 0 Å². The summed E-state index contributed by atoms with van der Waals surface area (Å²) in [6.07, 6.45) is 10.6. The molecule has 0 atom stereocenters. The molecule has 0 saturated heterocycles. The second-order valence-corrected chi connectivity index (χ2v) is 4.47. The highest BCUT2D eigenvalue weighted by Gasteiger charge is 2.23. The molecular weight excluding hydrogens is 160 g/mol. The fraction of sp³-hybridized carbons (Fsp3) is 0.909. The van der Waals surface area contributed by atoms with E-state index >= 15 is 0 Å². The van der Waals surface area contributed by atoms with E-state index in [1.807, 2.05) is 0 Å². The van der Waals surface area contributed by atoms with Crippen LogP contribution in [-0.2, 0) is 0 Å². The SMILES string of the molecule is NC(=NC1CC1)C1CCCCCC1. The predicted molar refractivity (Wildman–Crippen MR) is 55.8 cm³/mol. The number of rotatable bonds is 2. The molecule has 0 spiro atoms. The van der Waals surface area contributed by atoms with Gasteiger partial charge >= 0.3 is 0 Å². The molecule has 13 heavy (non-hydrogen) atoms. The second kappa shape index (κ2) is 4.12. The van der Waals surface area contributed by atoms with Gasteiger partial charge in [-0.1, -0.05) is 25.7 Å². The average Bonchev–Trinajstić information content (AvgIpc) is 2.87. The molecule has 2 aliphatic carbocycles. The van der Waals surface area contributed by atoms with Crippen molar-refractivity contribution in [2.45, 2.75) is 57.4 Å². The standard InChI is InChI=1S/C11H20N2/c12-11(13-10-7-8-10)9-5-3-1-2-4-6-9/h9-10H,1-8H2,(H2,12,13). The van der Waals surface area contributed by atoms with Crippen molar-refractivity contribution in [1.29, 1.82) is 0 Å². The van der Waals surface area contributed by atoms with Gasteiger partial charge in [-0.3, -0.25) is 4.99 Å². The van der Waals surface area contributed by atoms with E-state index in [1.165, 1.54) is 51.4 Å². The van der Waals surface area contributed by atoms with Gasteiger partial charge in [0.2, 0.25) is 0 Å². The first-order valence-electron chi connectivity index (χ1n) is 5.69. The molecule has 2 fully saturated rings. The molecule has 2 heteroatoms. The maximum atomic E-state index is 6.01. The Morgan fingerprint density at radius 3 is 2.08 bits per heavy atom. The molecule has 0 radical (unpaired) electrons. The van der Waals surface area contributed by atoms with Crippen molar-refractivity contribution in [2.75, 3.05) is 0 Å². The number of aliphatic imine (C=N–C) groups is 1. The summed E-state index contributed by atoms with van der Waals surface area (Å²) in [5.74, 6) is 1.58. The molecule has 0 aromatic carbocycles.